The van der Waals surface area contributed by atoms with Gasteiger partial charge in [0, 0.05) is 23.1 Å². The number of carbonyl (C=O) groups excluding carboxylic acids is 1. The van der Waals surface area contributed by atoms with Crippen molar-refractivity contribution >= 4 is 23.6 Å². The van der Waals surface area contributed by atoms with Gasteiger partial charge in [-0.05, 0) is 37.5 Å². The van der Waals surface area contributed by atoms with Crippen molar-refractivity contribution in [2.75, 3.05) is 6.54 Å². The Balaban J connectivity index is 2.12. The first-order valence-electron chi connectivity index (χ1n) is 6.33. The normalized spacial score (nSPS) is 19.6. The Morgan fingerprint density at radius 3 is 3.00 bits per heavy atom. The highest BCUT2D eigenvalue weighted by Gasteiger charge is 2.19. The van der Waals surface area contributed by atoms with E-state index >= 15 is 0 Å². The Bertz CT molecular complexity index is 501. The maximum Gasteiger partial charge on any atom is 0.335 e. The van der Waals surface area contributed by atoms with Gasteiger partial charge in [-0.1, -0.05) is 6.07 Å². The number of amides is 1. The zero-order valence-electron chi connectivity index (χ0n) is 10.8. The third-order valence-electron chi connectivity index (χ3n) is 3.18. The van der Waals surface area contributed by atoms with Gasteiger partial charge < -0.3 is 10.4 Å². The first-order valence-corrected chi connectivity index (χ1v) is 7.21. The number of carboxylic acids is 1. The number of nitrogens with one attached hydrogen (secondary N) is 1. The van der Waals surface area contributed by atoms with Crippen LogP contribution in [0.3, 0.4) is 0 Å². The van der Waals surface area contributed by atoms with Gasteiger partial charge in [0.1, 0.15) is 0 Å². The number of benzene rings is 1. The standard InChI is InChI=1S/C14H17NO3S/c1-9-4-5-11(7-12(9)14(17)18)19-10-3-2-6-15-13(16)8-10/h4-5,7,10H,2-3,6,8H2,1H3,(H,15,16)(H,17,18). The number of thioether (sulfide) groups is 1. The second kappa shape index (κ2) is 6.10. The molecule has 1 atom stereocenters. The predicted octanol–water partition coefficient (Wildman–Crippen LogP) is 2.45. The lowest BCUT2D eigenvalue weighted by Crippen LogP contribution is -2.22. The van der Waals surface area contributed by atoms with Crippen LogP contribution in [0.15, 0.2) is 23.1 Å². The van der Waals surface area contributed by atoms with Gasteiger partial charge in [-0.2, -0.15) is 0 Å². The van der Waals surface area contributed by atoms with E-state index in [4.69, 9.17) is 5.11 Å². The third-order valence-corrected chi connectivity index (χ3v) is 4.44. The zero-order valence-corrected chi connectivity index (χ0v) is 11.6. The summed E-state index contributed by atoms with van der Waals surface area (Å²) in [5.74, 6) is -0.820. The molecule has 1 amide bonds. The van der Waals surface area contributed by atoms with Crippen LogP contribution in [0.25, 0.3) is 0 Å². The number of aryl methyl sites for hydroxylation is 1. The molecule has 1 aliphatic heterocycles. The zero-order chi connectivity index (χ0) is 13.8. The monoisotopic (exact) mass is 279 g/mol. The van der Waals surface area contributed by atoms with Gasteiger partial charge in [0.25, 0.3) is 0 Å². The number of hydrogen-bond acceptors (Lipinski definition) is 3. The molecule has 1 saturated heterocycles. The molecule has 0 bridgehead atoms. The Morgan fingerprint density at radius 2 is 2.26 bits per heavy atom. The molecule has 2 rings (SSSR count). The number of rotatable bonds is 3. The van der Waals surface area contributed by atoms with E-state index in [9.17, 15) is 9.59 Å². The van der Waals surface area contributed by atoms with E-state index < -0.39 is 5.97 Å². The van der Waals surface area contributed by atoms with E-state index in [2.05, 4.69) is 5.32 Å². The predicted molar refractivity (Wildman–Crippen MR) is 74.6 cm³/mol. The highest BCUT2D eigenvalue weighted by atomic mass is 32.2. The molecule has 5 heteroatoms. The van der Waals surface area contributed by atoms with E-state index in [1.807, 2.05) is 12.1 Å². The van der Waals surface area contributed by atoms with Gasteiger partial charge in [0.15, 0.2) is 0 Å². The number of carbonyl (C=O) groups is 2. The summed E-state index contributed by atoms with van der Waals surface area (Å²) in [6.45, 7) is 2.53. The molecule has 0 spiro atoms. The summed E-state index contributed by atoms with van der Waals surface area (Å²) in [7, 11) is 0. The molecular formula is C14H17NO3S. The van der Waals surface area contributed by atoms with Crippen LogP contribution in [0.1, 0.15) is 35.2 Å². The van der Waals surface area contributed by atoms with Crippen LogP contribution < -0.4 is 5.32 Å². The summed E-state index contributed by atoms with van der Waals surface area (Å²) in [4.78, 5) is 23.5. The summed E-state index contributed by atoms with van der Waals surface area (Å²) < 4.78 is 0. The number of aromatic carboxylic acids is 1. The minimum absolute atomic E-state index is 0.0839. The lowest BCUT2D eigenvalue weighted by molar-refractivity contribution is -0.120. The minimum atomic E-state index is -0.904. The summed E-state index contributed by atoms with van der Waals surface area (Å²) in [6.07, 6.45) is 2.45. The lowest BCUT2D eigenvalue weighted by atomic mass is 10.1. The Labute approximate surface area is 116 Å². The van der Waals surface area contributed by atoms with Crippen LogP contribution in [-0.2, 0) is 4.79 Å². The molecule has 0 radical (unpaired) electrons. The van der Waals surface area contributed by atoms with Crippen molar-refractivity contribution in [3.8, 4) is 0 Å². The van der Waals surface area contributed by atoms with Gasteiger partial charge in [-0.15, -0.1) is 11.8 Å². The maximum absolute atomic E-state index is 11.5. The average Bonchev–Trinajstić information content (AvgIpc) is 2.56. The van der Waals surface area contributed by atoms with E-state index in [1.54, 1.807) is 24.8 Å². The van der Waals surface area contributed by atoms with Gasteiger partial charge in [0.05, 0.1) is 5.56 Å². The Kier molecular flexibility index (Phi) is 4.47. The van der Waals surface area contributed by atoms with Crippen LogP contribution in [-0.4, -0.2) is 28.8 Å². The lowest BCUT2D eigenvalue weighted by Gasteiger charge is -2.13. The average molecular weight is 279 g/mol. The molecule has 0 aliphatic carbocycles. The second-order valence-electron chi connectivity index (χ2n) is 4.72. The number of carboxylic acid groups (broad SMARTS) is 1. The summed E-state index contributed by atoms with van der Waals surface area (Å²) in [6, 6.07) is 5.45. The summed E-state index contributed by atoms with van der Waals surface area (Å²) in [5.41, 5.74) is 1.10. The Morgan fingerprint density at radius 1 is 1.47 bits per heavy atom. The maximum atomic E-state index is 11.5. The van der Waals surface area contributed by atoms with E-state index in [1.165, 1.54) is 0 Å². The van der Waals surface area contributed by atoms with Crippen molar-refractivity contribution in [1.29, 1.82) is 0 Å². The molecule has 1 heterocycles. The largest absolute Gasteiger partial charge is 0.478 e. The highest BCUT2D eigenvalue weighted by molar-refractivity contribution is 8.00. The first-order chi connectivity index (χ1) is 9.06. The molecule has 4 nitrogen and oxygen atoms in total. The fourth-order valence-electron chi connectivity index (χ4n) is 2.14. The molecule has 1 fully saturated rings. The minimum Gasteiger partial charge on any atom is -0.478 e. The molecule has 0 aromatic heterocycles. The fraction of sp³-hybridized carbons (Fsp3) is 0.429. The van der Waals surface area contributed by atoms with E-state index in [0.29, 0.717) is 12.0 Å². The van der Waals surface area contributed by atoms with Gasteiger partial charge in [0.2, 0.25) is 5.91 Å². The summed E-state index contributed by atoms with van der Waals surface area (Å²) >= 11 is 1.60. The van der Waals surface area contributed by atoms with Crippen molar-refractivity contribution in [1.82, 2.24) is 5.32 Å². The highest BCUT2D eigenvalue weighted by Crippen LogP contribution is 2.30. The molecule has 2 N–H and O–H groups in total. The van der Waals surface area contributed by atoms with E-state index in [-0.39, 0.29) is 11.2 Å². The van der Waals surface area contributed by atoms with Crippen LogP contribution in [0.5, 0.6) is 0 Å². The van der Waals surface area contributed by atoms with E-state index in [0.717, 1.165) is 29.8 Å². The van der Waals surface area contributed by atoms with Crippen molar-refractivity contribution in [3.63, 3.8) is 0 Å². The van der Waals surface area contributed by atoms with Crippen LogP contribution in [0.4, 0.5) is 0 Å². The molecule has 19 heavy (non-hydrogen) atoms. The first kappa shape index (κ1) is 13.9. The molecule has 0 saturated carbocycles. The van der Waals surface area contributed by atoms with Gasteiger partial charge >= 0.3 is 5.97 Å². The van der Waals surface area contributed by atoms with Crippen molar-refractivity contribution < 1.29 is 14.7 Å². The smallest absolute Gasteiger partial charge is 0.335 e. The van der Waals surface area contributed by atoms with Crippen LogP contribution in [0, 0.1) is 6.92 Å². The Hall–Kier alpha value is -1.49. The SMILES string of the molecule is Cc1ccc(SC2CCCNC(=O)C2)cc1C(=O)O. The van der Waals surface area contributed by atoms with Crippen molar-refractivity contribution in [3.05, 3.63) is 29.3 Å². The van der Waals surface area contributed by atoms with Crippen LogP contribution >= 0.6 is 11.8 Å². The van der Waals surface area contributed by atoms with Gasteiger partial charge in [-0.3, -0.25) is 4.79 Å². The van der Waals surface area contributed by atoms with Crippen molar-refractivity contribution in [2.45, 2.75) is 36.3 Å². The molecule has 1 aliphatic rings. The fourth-order valence-corrected chi connectivity index (χ4v) is 3.37. The molecular weight excluding hydrogens is 262 g/mol. The molecule has 102 valence electrons. The van der Waals surface area contributed by atoms with Crippen LogP contribution in [0.2, 0.25) is 0 Å². The van der Waals surface area contributed by atoms with Gasteiger partial charge in [-0.25, -0.2) is 4.79 Å². The third kappa shape index (κ3) is 3.73. The summed E-state index contributed by atoms with van der Waals surface area (Å²) in [5, 5.41) is 12.2. The topological polar surface area (TPSA) is 66.4 Å². The number of hydrogen-bond donors (Lipinski definition) is 2. The van der Waals surface area contributed by atoms with Crippen molar-refractivity contribution in [2.24, 2.45) is 0 Å². The molecule has 1 unspecified atom stereocenters. The second-order valence-corrected chi connectivity index (χ2v) is 6.09. The quantitative estimate of drug-likeness (QED) is 0.892. The molecule has 1 aromatic rings. The molecule has 1 aromatic carbocycles.